The molecule has 8 heteroatoms. The number of benzene rings is 1. The smallest absolute Gasteiger partial charge is 0.235 e. The summed E-state index contributed by atoms with van der Waals surface area (Å²) in [6.45, 7) is 1.40. The van der Waals surface area contributed by atoms with Crippen molar-refractivity contribution in [3.05, 3.63) is 29.6 Å². The molecule has 1 fully saturated rings. The maximum atomic E-state index is 13.7. The van der Waals surface area contributed by atoms with E-state index in [0.717, 1.165) is 31.0 Å². The van der Waals surface area contributed by atoms with Crippen LogP contribution in [-0.2, 0) is 14.6 Å². The van der Waals surface area contributed by atoms with Crippen LogP contribution in [0, 0.1) is 11.7 Å². The van der Waals surface area contributed by atoms with Crippen LogP contribution < -0.4 is 11.1 Å². The molecule has 126 valence electrons. The second-order valence-electron chi connectivity index (χ2n) is 5.76. The Labute approximate surface area is 134 Å². The van der Waals surface area contributed by atoms with E-state index in [1.54, 1.807) is 0 Å². The van der Waals surface area contributed by atoms with E-state index in [0.29, 0.717) is 5.92 Å². The lowest BCUT2D eigenvalue weighted by Crippen LogP contribution is -2.40. The van der Waals surface area contributed by atoms with Crippen LogP contribution in [0.15, 0.2) is 23.1 Å². The maximum Gasteiger partial charge on any atom is 0.235 e. The summed E-state index contributed by atoms with van der Waals surface area (Å²) in [7, 11) is -3.98. The largest absolute Gasteiger partial charge is 0.354 e. The van der Waals surface area contributed by atoms with Crippen LogP contribution in [0.5, 0.6) is 0 Å². The molecule has 1 atom stereocenters. The van der Waals surface area contributed by atoms with Crippen LogP contribution in [-0.4, -0.2) is 38.4 Å². The van der Waals surface area contributed by atoms with Gasteiger partial charge in [0.2, 0.25) is 5.91 Å². The molecule has 0 bridgehead atoms. The Bertz CT molecular complexity index is 729. The molecule has 1 saturated carbocycles. The molecule has 6 nitrogen and oxygen atoms in total. The predicted molar refractivity (Wildman–Crippen MR) is 82.2 cm³/mol. The lowest BCUT2D eigenvalue weighted by Gasteiger charge is -2.12. The van der Waals surface area contributed by atoms with Crippen molar-refractivity contribution in [2.24, 2.45) is 11.7 Å². The molecule has 0 heterocycles. The molecule has 1 aromatic rings. The molecule has 1 aliphatic rings. The topological polar surface area (TPSA) is 106 Å². The second kappa shape index (κ2) is 6.76. The number of carbonyl (C=O) groups excluding carboxylic acids is 2. The van der Waals surface area contributed by atoms with Gasteiger partial charge in [-0.25, -0.2) is 12.8 Å². The molecule has 23 heavy (non-hydrogen) atoms. The minimum atomic E-state index is -3.98. The van der Waals surface area contributed by atoms with Crippen molar-refractivity contribution >= 4 is 21.5 Å². The maximum absolute atomic E-state index is 13.7. The zero-order valence-corrected chi connectivity index (χ0v) is 13.5. The number of nitrogens with two attached hydrogens (primary N) is 1. The summed E-state index contributed by atoms with van der Waals surface area (Å²) in [6.07, 6.45) is 2.05. The van der Waals surface area contributed by atoms with Crippen LogP contribution >= 0.6 is 0 Å². The Morgan fingerprint density at radius 3 is 2.57 bits per heavy atom. The first-order valence-corrected chi connectivity index (χ1v) is 8.91. The second-order valence-corrected chi connectivity index (χ2v) is 7.75. The summed E-state index contributed by atoms with van der Waals surface area (Å²) in [5.74, 6) is -2.51. The standard InChI is InChI=1S/C15H19FN2O4S/c1-9(19)12-5-4-11(6-13(12)16)23(21,22)8-15(20)18-7-14(17)10-2-3-10/h4-6,10,14H,2-3,7-8,17H2,1H3,(H,18,20). The average molecular weight is 342 g/mol. The van der Waals surface area contributed by atoms with Gasteiger partial charge in [0.15, 0.2) is 15.6 Å². The Kier molecular flexibility index (Phi) is 5.16. The highest BCUT2D eigenvalue weighted by Crippen LogP contribution is 2.31. The molecular weight excluding hydrogens is 323 g/mol. The number of amides is 1. The first kappa shape index (κ1) is 17.6. The van der Waals surface area contributed by atoms with Gasteiger partial charge in [0.05, 0.1) is 10.5 Å². The number of hydrogen-bond donors (Lipinski definition) is 2. The molecule has 1 aliphatic carbocycles. The van der Waals surface area contributed by atoms with Crippen molar-refractivity contribution in [1.82, 2.24) is 5.32 Å². The summed E-state index contributed by atoms with van der Waals surface area (Å²) in [4.78, 5) is 22.6. The van der Waals surface area contributed by atoms with E-state index in [1.807, 2.05) is 0 Å². The lowest BCUT2D eigenvalue weighted by molar-refractivity contribution is -0.118. The van der Waals surface area contributed by atoms with Crippen molar-refractivity contribution in [2.45, 2.75) is 30.7 Å². The Hall–Kier alpha value is -1.80. The van der Waals surface area contributed by atoms with Crippen LogP contribution in [0.4, 0.5) is 4.39 Å². The summed E-state index contributed by atoms with van der Waals surface area (Å²) in [5, 5.41) is 2.48. The lowest BCUT2D eigenvalue weighted by atomic mass is 10.1. The van der Waals surface area contributed by atoms with Crippen molar-refractivity contribution in [2.75, 3.05) is 12.3 Å². The van der Waals surface area contributed by atoms with E-state index >= 15 is 0 Å². The number of sulfone groups is 1. The van der Waals surface area contributed by atoms with Gasteiger partial charge in [-0.15, -0.1) is 0 Å². The highest BCUT2D eigenvalue weighted by atomic mass is 32.2. The fraction of sp³-hybridized carbons (Fsp3) is 0.467. The number of hydrogen-bond acceptors (Lipinski definition) is 5. The highest BCUT2D eigenvalue weighted by Gasteiger charge is 2.29. The third kappa shape index (κ3) is 4.59. The summed E-state index contributed by atoms with van der Waals surface area (Å²) in [5.41, 5.74) is 5.63. The Balaban J connectivity index is 2.01. The molecule has 3 N–H and O–H groups in total. The van der Waals surface area contributed by atoms with Crippen molar-refractivity contribution in [1.29, 1.82) is 0 Å². The monoisotopic (exact) mass is 342 g/mol. The van der Waals surface area contributed by atoms with Gasteiger partial charge >= 0.3 is 0 Å². The van der Waals surface area contributed by atoms with E-state index in [2.05, 4.69) is 5.32 Å². The number of rotatable bonds is 7. The SMILES string of the molecule is CC(=O)c1ccc(S(=O)(=O)CC(=O)NCC(N)C2CC2)cc1F. The third-order valence-electron chi connectivity index (χ3n) is 3.76. The Morgan fingerprint density at radius 1 is 1.39 bits per heavy atom. The van der Waals surface area contributed by atoms with Crippen molar-refractivity contribution < 1.29 is 22.4 Å². The van der Waals surface area contributed by atoms with Crippen LogP contribution in [0.3, 0.4) is 0 Å². The molecule has 2 rings (SSSR count). The molecule has 0 aliphatic heterocycles. The molecule has 0 radical (unpaired) electrons. The van der Waals surface area contributed by atoms with Gasteiger partial charge in [-0.1, -0.05) is 0 Å². The van der Waals surface area contributed by atoms with E-state index in [-0.39, 0.29) is 23.0 Å². The van der Waals surface area contributed by atoms with E-state index in [1.165, 1.54) is 6.92 Å². The van der Waals surface area contributed by atoms with Gasteiger partial charge in [-0.3, -0.25) is 9.59 Å². The first-order valence-electron chi connectivity index (χ1n) is 7.26. The van der Waals surface area contributed by atoms with Crippen molar-refractivity contribution in [3.8, 4) is 0 Å². The van der Waals surface area contributed by atoms with Crippen LogP contribution in [0.2, 0.25) is 0 Å². The fourth-order valence-corrected chi connectivity index (χ4v) is 3.38. The molecule has 1 amide bonds. The molecular formula is C15H19FN2O4S. The number of Topliss-reactive ketones (excluding diaryl/α,β-unsaturated/α-hetero) is 1. The zero-order chi connectivity index (χ0) is 17.2. The number of nitrogens with one attached hydrogen (secondary N) is 1. The molecule has 1 aromatic carbocycles. The van der Waals surface area contributed by atoms with Crippen LogP contribution in [0.1, 0.15) is 30.1 Å². The predicted octanol–water partition coefficient (Wildman–Crippen LogP) is 0.655. The molecule has 0 aromatic heterocycles. The van der Waals surface area contributed by atoms with E-state index in [4.69, 9.17) is 5.73 Å². The average Bonchev–Trinajstić information content (AvgIpc) is 3.28. The number of carbonyl (C=O) groups is 2. The van der Waals surface area contributed by atoms with Gasteiger partial charge in [0, 0.05) is 12.6 Å². The quantitative estimate of drug-likeness (QED) is 0.708. The summed E-state index contributed by atoms with van der Waals surface area (Å²) < 4.78 is 38.0. The van der Waals surface area contributed by atoms with Crippen LogP contribution in [0.25, 0.3) is 0 Å². The van der Waals surface area contributed by atoms with E-state index in [9.17, 15) is 22.4 Å². The summed E-state index contributed by atoms with van der Waals surface area (Å²) >= 11 is 0. The van der Waals surface area contributed by atoms with Crippen molar-refractivity contribution in [3.63, 3.8) is 0 Å². The first-order chi connectivity index (χ1) is 10.7. The molecule has 0 spiro atoms. The fourth-order valence-electron chi connectivity index (χ4n) is 2.20. The minimum Gasteiger partial charge on any atom is -0.354 e. The highest BCUT2D eigenvalue weighted by molar-refractivity contribution is 7.92. The number of halogens is 1. The third-order valence-corrected chi connectivity index (χ3v) is 5.38. The normalized spacial score (nSPS) is 16.0. The zero-order valence-electron chi connectivity index (χ0n) is 12.7. The minimum absolute atomic E-state index is 0.172. The van der Waals surface area contributed by atoms with Gasteiger partial charge in [0.1, 0.15) is 11.6 Å². The van der Waals surface area contributed by atoms with Gasteiger partial charge in [0.25, 0.3) is 0 Å². The van der Waals surface area contributed by atoms with E-state index < -0.39 is 33.1 Å². The number of ketones is 1. The Morgan fingerprint density at radius 2 is 2.04 bits per heavy atom. The van der Waals surface area contributed by atoms with Gasteiger partial charge < -0.3 is 11.1 Å². The molecule has 0 saturated heterocycles. The van der Waals surface area contributed by atoms with Gasteiger partial charge in [-0.05, 0) is 43.9 Å². The van der Waals surface area contributed by atoms with Gasteiger partial charge in [-0.2, -0.15) is 0 Å². The molecule has 1 unspecified atom stereocenters. The summed E-state index contributed by atoms with van der Waals surface area (Å²) in [6, 6.07) is 2.81.